The number of hydrogen-bond donors (Lipinski definition) is 2. The molecule has 1 aromatic heterocycles. The molecule has 0 spiro atoms. The number of hydrogen-bond acceptors (Lipinski definition) is 7. The van der Waals surface area contributed by atoms with E-state index in [1.807, 2.05) is 37.6 Å². The first-order chi connectivity index (χ1) is 19.5. The molecule has 0 saturated carbocycles. The Morgan fingerprint density at radius 3 is 2.38 bits per heavy atom. The van der Waals surface area contributed by atoms with Crippen LogP contribution in [0.2, 0.25) is 0 Å². The number of carbonyl (C=O) groups is 4. The van der Waals surface area contributed by atoms with Crippen LogP contribution in [-0.2, 0) is 20.7 Å². The van der Waals surface area contributed by atoms with Crippen LogP contribution in [0.1, 0.15) is 92.9 Å². The molecule has 4 rings (SSSR count). The van der Waals surface area contributed by atoms with E-state index in [1.54, 1.807) is 6.07 Å². The Morgan fingerprint density at radius 1 is 1.07 bits per heavy atom. The minimum absolute atomic E-state index is 0.110. The number of anilines is 1. The van der Waals surface area contributed by atoms with Crippen molar-refractivity contribution in [3.63, 3.8) is 0 Å². The molecular formula is C32H43N5O5. The number of aromatic nitrogens is 2. The van der Waals surface area contributed by atoms with Gasteiger partial charge in [0.25, 0.3) is 17.7 Å². The van der Waals surface area contributed by atoms with Crippen molar-refractivity contribution >= 4 is 29.2 Å². The number of aryl methyl sites for hydroxylation is 1. The summed E-state index contributed by atoms with van der Waals surface area (Å²) < 4.78 is 7.98. The van der Waals surface area contributed by atoms with Crippen molar-refractivity contribution in [2.75, 3.05) is 25.0 Å². The highest BCUT2D eigenvalue weighted by atomic mass is 16.5. The van der Waals surface area contributed by atoms with Crippen molar-refractivity contribution in [2.24, 2.45) is 16.6 Å². The van der Waals surface area contributed by atoms with E-state index in [0.29, 0.717) is 55.0 Å². The first-order valence-electron chi connectivity index (χ1n) is 14.5. The first-order valence-corrected chi connectivity index (χ1v) is 14.5. The van der Waals surface area contributed by atoms with E-state index in [9.17, 15) is 19.2 Å². The molecule has 1 aliphatic carbocycles. The Morgan fingerprint density at radius 2 is 1.74 bits per heavy atom. The van der Waals surface area contributed by atoms with E-state index in [2.05, 4.69) is 33.0 Å². The lowest BCUT2D eigenvalue weighted by atomic mass is 9.75. The molecule has 1 aromatic carbocycles. The van der Waals surface area contributed by atoms with Gasteiger partial charge in [0.1, 0.15) is 0 Å². The van der Waals surface area contributed by atoms with Crippen molar-refractivity contribution in [2.45, 2.75) is 79.8 Å². The van der Waals surface area contributed by atoms with E-state index in [-0.39, 0.29) is 28.4 Å². The summed E-state index contributed by atoms with van der Waals surface area (Å²) in [5, 5.41) is 8.13. The maximum Gasteiger partial charge on any atom is 0.253 e. The van der Waals surface area contributed by atoms with Crippen LogP contribution in [0, 0.1) is 17.8 Å². The van der Waals surface area contributed by atoms with E-state index in [0.717, 1.165) is 24.2 Å². The summed E-state index contributed by atoms with van der Waals surface area (Å²) in [6, 6.07) is 5.37. The molecule has 3 amide bonds. The summed E-state index contributed by atoms with van der Waals surface area (Å²) in [7, 11) is 0. The second-order valence-electron chi connectivity index (χ2n) is 13.6. The molecule has 1 aliphatic heterocycles. The van der Waals surface area contributed by atoms with Crippen LogP contribution >= 0.6 is 0 Å². The molecule has 0 unspecified atom stereocenters. The molecule has 10 heteroatoms. The fourth-order valence-corrected chi connectivity index (χ4v) is 5.51. The molecule has 0 bridgehead atoms. The number of amides is 3. The number of Topliss-reactive ketones (excluding diaryl/α,β-unsaturated/α-hetero) is 1. The van der Waals surface area contributed by atoms with Gasteiger partial charge in [0.15, 0.2) is 5.78 Å². The van der Waals surface area contributed by atoms with E-state index in [1.165, 1.54) is 17.1 Å². The van der Waals surface area contributed by atoms with E-state index < -0.39 is 11.5 Å². The topological polar surface area (TPSA) is 137 Å². The predicted octanol–water partition coefficient (Wildman–Crippen LogP) is 4.37. The Labute approximate surface area is 247 Å². The number of benzene rings is 1. The van der Waals surface area contributed by atoms with Gasteiger partial charge in [-0.25, -0.2) is 4.68 Å². The highest BCUT2D eigenvalue weighted by molar-refractivity contribution is 6.12. The molecule has 3 N–H and O–H groups in total. The molecule has 10 nitrogen and oxygen atoms in total. The third kappa shape index (κ3) is 6.98. The molecule has 42 heavy (non-hydrogen) atoms. The maximum absolute atomic E-state index is 12.9. The highest BCUT2D eigenvalue weighted by Crippen LogP contribution is 2.37. The summed E-state index contributed by atoms with van der Waals surface area (Å²) in [5.41, 5.74) is 8.86. The predicted molar refractivity (Wildman–Crippen MR) is 161 cm³/mol. The van der Waals surface area contributed by atoms with Crippen molar-refractivity contribution < 1.29 is 23.9 Å². The second-order valence-corrected chi connectivity index (χ2v) is 13.6. The van der Waals surface area contributed by atoms with Gasteiger partial charge in [-0.15, -0.1) is 0 Å². The molecule has 2 aromatic rings. The van der Waals surface area contributed by atoms with Gasteiger partial charge in [0.05, 0.1) is 33.8 Å². The zero-order valence-corrected chi connectivity index (χ0v) is 25.8. The Hall–Kier alpha value is -3.79. The minimum Gasteiger partial charge on any atom is -0.384 e. The van der Waals surface area contributed by atoms with E-state index >= 15 is 0 Å². The molecule has 2 heterocycles. The van der Waals surface area contributed by atoms with Gasteiger partial charge < -0.3 is 15.8 Å². The molecule has 2 aliphatic rings. The number of rotatable bonds is 12. The fraction of sp³-hybridized carbons (Fsp3) is 0.531. The third-order valence-corrected chi connectivity index (χ3v) is 8.10. The van der Waals surface area contributed by atoms with Crippen LogP contribution in [0.3, 0.4) is 0 Å². The number of carbonyl (C=O) groups excluding carboxylic acids is 4. The van der Waals surface area contributed by atoms with Crippen LogP contribution in [0.5, 0.6) is 0 Å². The lowest BCUT2D eigenvalue weighted by molar-refractivity contribution is -0.137. The van der Waals surface area contributed by atoms with Gasteiger partial charge in [-0.3, -0.25) is 24.1 Å². The standard InChI is InChI=1S/C32H43N5O5/c1-20-28-24(17-31(4,5)18-25(28)38)37(35-20)21-8-9-22(29(33)41)23(16-21)34-19-30(2,3)13-15-42-32(6,7)12-14-36-26(39)10-11-27(36)40/h8-11,16,34H,12-15,17-19H2,1-7H3,(H2,33,41). The van der Waals surface area contributed by atoms with Crippen LogP contribution in [0.15, 0.2) is 30.4 Å². The normalized spacial score (nSPS) is 16.7. The zero-order chi connectivity index (χ0) is 31.0. The quantitative estimate of drug-likeness (QED) is 0.357. The molecule has 0 radical (unpaired) electrons. The summed E-state index contributed by atoms with van der Waals surface area (Å²) in [4.78, 5) is 50.1. The number of imide groups is 1. The Balaban J connectivity index is 1.42. The average molecular weight is 578 g/mol. The van der Waals surface area contributed by atoms with Crippen molar-refractivity contribution in [1.29, 1.82) is 0 Å². The lowest BCUT2D eigenvalue weighted by Crippen LogP contribution is -2.37. The lowest BCUT2D eigenvalue weighted by Gasteiger charge is -2.31. The molecular weight excluding hydrogens is 534 g/mol. The number of ketones is 1. The third-order valence-electron chi connectivity index (χ3n) is 8.10. The van der Waals surface area contributed by atoms with Crippen LogP contribution < -0.4 is 11.1 Å². The molecule has 0 atom stereocenters. The summed E-state index contributed by atoms with van der Waals surface area (Å²) in [5.74, 6) is -1.00. The number of primary amides is 1. The SMILES string of the molecule is Cc1nn(-c2ccc(C(N)=O)c(NCC(C)(C)CCOC(C)(C)CCN3C(=O)C=CC3=O)c2)c2c1C(=O)CC(C)(C)C2. The molecule has 226 valence electrons. The zero-order valence-electron chi connectivity index (χ0n) is 25.8. The van der Waals surface area contributed by atoms with Crippen LogP contribution in [0.4, 0.5) is 5.69 Å². The van der Waals surface area contributed by atoms with Crippen LogP contribution in [-0.4, -0.2) is 63.5 Å². The maximum atomic E-state index is 12.9. The minimum atomic E-state index is -0.535. The van der Waals surface area contributed by atoms with Gasteiger partial charge in [0.2, 0.25) is 0 Å². The Kier molecular flexibility index (Phi) is 8.51. The van der Waals surface area contributed by atoms with Crippen molar-refractivity contribution in [3.05, 3.63) is 52.9 Å². The van der Waals surface area contributed by atoms with E-state index in [4.69, 9.17) is 15.6 Å². The van der Waals surface area contributed by atoms with Gasteiger partial charge in [-0.2, -0.15) is 5.10 Å². The van der Waals surface area contributed by atoms with Gasteiger partial charge in [-0.1, -0.05) is 27.7 Å². The van der Waals surface area contributed by atoms with Crippen LogP contribution in [0.25, 0.3) is 5.69 Å². The second kappa shape index (κ2) is 11.5. The molecule has 0 saturated heterocycles. The van der Waals surface area contributed by atoms with Gasteiger partial charge >= 0.3 is 0 Å². The summed E-state index contributed by atoms with van der Waals surface area (Å²) in [6.07, 6.45) is 5.04. The fourth-order valence-electron chi connectivity index (χ4n) is 5.51. The first kappa shape index (κ1) is 31.2. The number of ether oxygens (including phenoxy) is 1. The van der Waals surface area contributed by atoms with Crippen molar-refractivity contribution in [1.82, 2.24) is 14.7 Å². The van der Waals surface area contributed by atoms with Gasteiger partial charge in [-0.05, 0) is 69.1 Å². The monoisotopic (exact) mass is 577 g/mol. The van der Waals surface area contributed by atoms with Crippen molar-refractivity contribution in [3.8, 4) is 5.69 Å². The largest absolute Gasteiger partial charge is 0.384 e. The highest BCUT2D eigenvalue weighted by Gasteiger charge is 2.36. The Bertz CT molecular complexity index is 1430. The summed E-state index contributed by atoms with van der Waals surface area (Å²) >= 11 is 0. The number of nitrogens with two attached hydrogens (primary N) is 1. The number of fused-ring (bicyclic) bond motifs is 1. The smallest absolute Gasteiger partial charge is 0.253 e. The number of nitrogens with one attached hydrogen (secondary N) is 1. The number of nitrogens with zero attached hydrogens (tertiary/aromatic N) is 3. The summed E-state index contributed by atoms with van der Waals surface area (Å²) in [6.45, 7) is 15.5. The molecule has 0 fully saturated rings. The van der Waals surface area contributed by atoms with Gasteiger partial charge in [0, 0.05) is 44.0 Å². The average Bonchev–Trinajstić information content (AvgIpc) is 3.37.